The summed E-state index contributed by atoms with van der Waals surface area (Å²) in [4.78, 5) is 0. The molecule has 0 aliphatic carbocycles. The molecule has 2 nitrogen and oxygen atoms in total. The van der Waals surface area contributed by atoms with Crippen molar-refractivity contribution in [2.75, 3.05) is 0 Å². The first kappa shape index (κ1) is 12.7. The Balaban J connectivity index is 2.45. The molecule has 0 bridgehead atoms. The second kappa shape index (κ2) is 4.83. The number of fused-ring (bicyclic) bond motifs is 1. The van der Waals surface area contributed by atoms with Crippen LogP contribution in [-0.4, -0.2) is 6.04 Å². The van der Waals surface area contributed by atoms with Gasteiger partial charge in [-0.3, -0.25) is 0 Å². The first-order chi connectivity index (χ1) is 7.99. The van der Waals surface area contributed by atoms with Crippen molar-refractivity contribution in [3.8, 4) is 0 Å². The van der Waals surface area contributed by atoms with Crippen LogP contribution in [0.15, 0.2) is 21.0 Å². The van der Waals surface area contributed by atoms with Crippen molar-refractivity contribution in [1.82, 2.24) is 5.32 Å². The number of halogens is 1. The Bertz CT molecular complexity index is 543. The van der Waals surface area contributed by atoms with E-state index in [0.717, 1.165) is 22.4 Å². The van der Waals surface area contributed by atoms with Crippen LogP contribution >= 0.6 is 15.9 Å². The maximum absolute atomic E-state index is 5.93. The summed E-state index contributed by atoms with van der Waals surface area (Å²) in [6.45, 7) is 9.28. The molecular formula is C14H18BrNO. The first-order valence-electron chi connectivity index (χ1n) is 5.90. The van der Waals surface area contributed by atoms with Crippen LogP contribution in [0.25, 0.3) is 11.0 Å². The SMILES string of the molecule is Cc1cc(Br)c2oc(CNC(C)C)c(C)c2c1. The van der Waals surface area contributed by atoms with E-state index in [4.69, 9.17) is 4.42 Å². The van der Waals surface area contributed by atoms with E-state index in [0.29, 0.717) is 6.04 Å². The summed E-state index contributed by atoms with van der Waals surface area (Å²) in [6, 6.07) is 4.73. The molecule has 1 heterocycles. The summed E-state index contributed by atoms with van der Waals surface area (Å²) in [5.74, 6) is 1.03. The number of hydrogen-bond donors (Lipinski definition) is 1. The maximum Gasteiger partial charge on any atom is 0.148 e. The molecule has 92 valence electrons. The van der Waals surface area contributed by atoms with E-state index in [1.807, 2.05) is 0 Å². The van der Waals surface area contributed by atoms with Crippen LogP contribution in [0.5, 0.6) is 0 Å². The maximum atomic E-state index is 5.93. The summed E-state index contributed by atoms with van der Waals surface area (Å²) in [6.07, 6.45) is 0. The number of aryl methyl sites for hydroxylation is 2. The molecule has 0 aliphatic rings. The Morgan fingerprint density at radius 3 is 2.65 bits per heavy atom. The minimum atomic E-state index is 0.466. The van der Waals surface area contributed by atoms with Crippen LogP contribution in [0.2, 0.25) is 0 Å². The van der Waals surface area contributed by atoms with Gasteiger partial charge >= 0.3 is 0 Å². The summed E-state index contributed by atoms with van der Waals surface area (Å²) >= 11 is 3.56. The number of furan rings is 1. The zero-order valence-corrected chi connectivity index (χ0v) is 12.3. The van der Waals surface area contributed by atoms with Crippen LogP contribution in [-0.2, 0) is 6.54 Å². The Morgan fingerprint density at radius 1 is 1.29 bits per heavy atom. The summed E-state index contributed by atoms with van der Waals surface area (Å²) < 4.78 is 6.96. The highest BCUT2D eigenvalue weighted by Gasteiger charge is 2.13. The Kier molecular flexibility index (Phi) is 3.59. The van der Waals surface area contributed by atoms with Gasteiger partial charge in [0.25, 0.3) is 0 Å². The van der Waals surface area contributed by atoms with E-state index < -0.39 is 0 Å². The lowest BCUT2D eigenvalue weighted by molar-refractivity contribution is 0.484. The molecule has 2 rings (SSSR count). The summed E-state index contributed by atoms with van der Waals surface area (Å²) in [5.41, 5.74) is 3.43. The van der Waals surface area contributed by atoms with Gasteiger partial charge in [-0.2, -0.15) is 0 Å². The number of benzene rings is 1. The zero-order valence-electron chi connectivity index (χ0n) is 10.7. The molecule has 0 spiro atoms. The second-order valence-electron chi connectivity index (χ2n) is 4.81. The lowest BCUT2D eigenvalue weighted by atomic mass is 10.1. The topological polar surface area (TPSA) is 25.2 Å². The molecule has 1 aromatic heterocycles. The van der Waals surface area contributed by atoms with Gasteiger partial charge < -0.3 is 9.73 Å². The average molecular weight is 296 g/mol. The van der Waals surface area contributed by atoms with Gasteiger partial charge in [-0.05, 0) is 53.0 Å². The van der Waals surface area contributed by atoms with Crippen molar-refractivity contribution in [2.45, 2.75) is 40.3 Å². The summed E-state index contributed by atoms with van der Waals surface area (Å²) in [7, 11) is 0. The van der Waals surface area contributed by atoms with E-state index >= 15 is 0 Å². The van der Waals surface area contributed by atoms with Gasteiger partial charge in [0.1, 0.15) is 11.3 Å². The van der Waals surface area contributed by atoms with Crippen LogP contribution in [0.1, 0.15) is 30.7 Å². The molecule has 0 saturated heterocycles. The largest absolute Gasteiger partial charge is 0.458 e. The number of rotatable bonds is 3. The summed E-state index contributed by atoms with van der Waals surface area (Å²) in [5, 5.41) is 4.59. The van der Waals surface area contributed by atoms with Crippen LogP contribution < -0.4 is 5.32 Å². The molecule has 0 aliphatic heterocycles. The smallest absolute Gasteiger partial charge is 0.148 e. The monoisotopic (exact) mass is 295 g/mol. The number of nitrogens with one attached hydrogen (secondary N) is 1. The third-order valence-electron chi connectivity index (χ3n) is 2.91. The highest BCUT2D eigenvalue weighted by molar-refractivity contribution is 9.10. The predicted octanol–water partition coefficient (Wildman–Crippen LogP) is 4.31. The van der Waals surface area contributed by atoms with Gasteiger partial charge in [-0.25, -0.2) is 0 Å². The molecule has 17 heavy (non-hydrogen) atoms. The normalized spacial score (nSPS) is 11.6. The Hall–Kier alpha value is -0.800. The zero-order chi connectivity index (χ0) is 12.6. The van der Waals surface area contributed by atoms with E-state index in [9.17, 15) is 0 Å². The van der Waals surface area contributed by atoms with Crippen LogP contribution in [0.4, 0.5) is 0 Å². The molecule has 0 unspecified atom stereocenters. The standard InChI is InChI=1S/C14H18BrNO/c1-8(2)16-7-13-10(4)11-5-9(3)6-12(15)14(11)17-13/h5-6,8,16H,7H2,1-4H3. The van der Waals surface area contributed by atoms with E-state index in [-0.39, 0.29) is 0 Å². The Labute approximate surface area is 111 Å². The fourth-order valence-electron chi connectivity index (χ4n) is 1.93. The quantitative estimate of drug-likeness (QED) is 0.913. The molecule has 0 fully saturated rings. The third kappa shape index (κ3) is 2.55. The highest BCUT2D eigenvalue weighted by Crippen LogP contribution is 2.32. The Morgan fingerprint density at radius 2 is 2.00 bits per heavy atom. The molecule has 2 aromatic rings. The van der Waals surface area contributed by atoms with Crippen molar-refractivity contribution < 1.29 is 4.42 Å². The van der Waals surface area contributed by atoms with Gasteiger partial charge in [0, 0.05) is 11.4 Å². The van der Waals surface area contributed by atoms with Crippen LogP contribution in [0.3, 0.4) is 0 Å². The van der Waals surface area contributed by atoms with Crippen LogP contribution in [0, 0.1) is 13.8 Å². The minimum Gasteiger partial charge on any atom is -0.458 e. The first-order valence-corrected chi connectivity index (χ1v) is 6.70. The lowest BCUT2D eigenvalue weighted by Crippen LogP contribution is -2.21. The van der Waals surface area contributed by atoms with Crippen molar-refractivity contribution in [3.05, 3.63) is 33.5 Å². The van der Waals surface area contributed by atoms with Gasteiger partial charge in [-0.1, -0.05) is 13.8 Å². The van der Waals surface area contributed by atoms with Crippen molar-refractivity contribution in [3.63, 3.8) is 0 Å². The lowest BCUT2D eigenvalue weighted by Gasteiger charge is -2.05. The molecule has 0 saturated carbocycles. The van der Waals surface area contributed by atoms with E-state index in [1.54, 1.807) is 0 Å². The minimum absolute atomic E-state index is 0.466. The fourth-order valence-corrected chi connectivity index (χ4v) is 2.58. The molecule has 1 N–H and O–H groups in total. The fraction of sp³-hybridized carbons (Fsp3) is 0.429. The van der Waals surface area contributed by atoms with E-state index in [1.165, 1.54) is 16.5 Å². The van der Waals surface area contributed by atoms with Gasteiger partial charge in [-0.15, -0.1) is 0 Å². The average Bonchev–Trinajstić information content (AvgIpc) is 2.54. The second-order valence-corrected chi connectivity index (χ2v) is 5.66. The highest BCUT2D eigenvalue weighted by atomic mass is 79.9. The predicted molar refractivity (Wildman–Crippen MR) is 75.4 cm³/mol. The molecular weight excluding hydrogens is 278 g/mol. The van der Waals surface area contributed by atoms with E-state index in [2.05, 4.69) is 61.1 Å². The third-order valence-corrected chi connectivity index (χ3v) is 3.50. The van der Waals surface area contributed by atoms with Gasteiger partial charge in [0.15, 0.2) is 0 Å². The van der Waals surface area contributed by atoms with Gasteiger partial charge in [0.2, 0.25) is 0 Å². The van der Waals surface area contributed by atoms with Crippen molar-refractivity contribution >= 4 is 26.9 Å². The van der Waals surface area contributed by atoms with Crippen molar-refractivity contribution in [2.24, 2.45) is 0 Å². The van der Waals surface area contributed by atoms with Crippen molar-refractivity contribution in [1.29, 1.82) is 0 Å². The molecule has 0 atom stereocenters. The molecule has 0 amide bonds. The molecule has 1 aromatic carbocycles. The van der Waals surface area contributed by atoms with Gasteiger partial charge in [0.05, 0.1) is 11.0 Å². The number of hydrogen-bond acceptors (Lipinski definition) is 2. The molecule has 0 radical (unpaired) electrons. The molecule has 3 heteroatoms.